The molecule has 0 aromatic heterocycles. The fourth-order valence-electron chi connectivity index (χ4n) is 1.17. The van der Waals surface area contributed by atoms with Crippen LogP contribution in [0.1, 0.15) is 0 Å². The van der Waals surface area contributed by atoms with Crippen molar-refractivity contribution in [3.8, 4) is 0 Å². The zero-order chi connectivity index (χ0) is 8.72. The van der Waals surface area contributed by atoms with E-state index in [0.717, 1.165) is 0 Å². The Morgan fingerprint density at radius 3 is 2.83 bits per heavy atom. The van der Waals surface area contributed by atoms with Crippen LogP contribution in [0.3, 0.4) is 0 Å². The van der Waals surface area contributed by atoms with E-state index in [4.69, 9.17) is 10.2 Å². The Morgan fingerprint density at radius 1 is 1.33 bits per heavy atom. The highest BCUT2D eigenvalue weighted by atomic mass is 16.5. The van der Waals surface area contributed by atoms with Crippen molar-refractivity contribution < 1.29 is 19.7 Å². The number of fused-ring (bicyclic) bond motifs is 1. The molecule has 0 radical (unpaired) electrons. The SMILES string of the molecule is O=C1OC=C2C=C(O)C(O)=CC12. The van der Waals surface area contributed by atoms with Gasteiger partial charge in [-0.15, -0.1) is 0 Å². The maximum absolute atomic E-state index is 10.9. The van der Waals surface area contributed by atoms with Crippen molar-refractivity contribution in [1.82, 2.24) is 0 Å². The van der Waals surface area contributed by atoms with Crippen LogP contribution in [0.5, 0.6) is 0 Å². The van der Waals surface area contributed by atoms with Gasteiger partial charge in [0.25, 0.3) is 0 Å². The smallest absolute Gasteiger partial charge is 0.322 e. The van der Waals surface area contributed by atoms with Crippen molar-refractivity contribution in [2.75, 3.05) is 0 Å². The first kappa shape index (κ1) is 6.97. The predicted octanol–water partition coefficient (Wildman–Crippen LogP) is 0.941. The summed E-state index contributed by atoms with van der Waals surface area (Å²) in [4.78, 5) is 10.9. The minimum absolute atomic E-state index is 0.240. The second kappa shape index (κ2) is 2.14. The van der Waals surface area contributed by atoms with Crippen molar-refractivity contribution >= 4 is 5.97 Å². The van der Waals surface area contributed by atoms with Gasteiger partial charge in [-0.1, -0.05) is 0 Å². The number of hydrogen-bond donors (Lipinski definition) is 2. The van der Waals surface area contributed by atoms with Crippen molar-refractivity contribution in [2.45, 2.75) is 0 Å². The summed E-state index contributed by atoms with van der Waals surface area (Å²) >= 11 is 0. The van der Waals surface area contributed by atoms with Crippen LogP contribution in [0, 0.1) is 5.92 Å². The number of carbonyl (C=O) groups excluding carboxylic acids is 1. The molecule has 4 nitrogen and oxygen atoms in total. The monoisotopic (exact) mass is 166 g/mol. The van der Waals surface area contributed by atoms with Crippen LogP contribution >= 0.6 is 0 Å². The molecule has 1 unspecified atom stereocenters. The number of allylic oxidation sites excluding steroid dienone is 1. The number of carbonyl (C=O) groups is 1. The Hall–Kier alpha value is -1.71. The van der Waals surface area contributed by atoms with E-state index in [1.807, 2.05) is 0 Å². The number of aliphatic hydroxyl groups is 2. The van der Waals surface area contributed by atoms with Crippen molar-refractivity contribution in [3.05, 3.63) is 35.5 Å². The molecule has 0 fully saturated rings. The molecule has 1 aliphatic heterocycles. The third-order valence-corrected chi connectivity index (χ3v) is 1.81. The summed E-state index contributed by atoms with van der Waals surface area (Å²) in [5.41, 5.74) is 0.565. The minimum Gasteiger partial charge on any atom is -0.504 e. The second-order valence-corrected chi connectivity index (χ2v) is 2.61. The Labute approximate surface area is 68.1 Å². The number of hydrogen-bond acceptors (Lipinski definition) is 4. The van der Waals surface area contributed by atoms with E-state index in [0.29, 0.717) is 5.57 Å². The topological polar surface area (TPSA) is 66.8 Å². The highest BCUT2D eigenvalue weighted by Gasteiger charge is 2.31. The molecular formula is C8H6O4. The van der Waals surface area contributed by atoms with E-state index in [2.05, 4.69) is 4.74 Å². The van der Waals surface area contributed by atoms with E-state index >= 15 is 0 Å². The normalized spacial score (nSPS) is 26.8. The molecule has 1 atom stereocenters. The minimum atomic E-state index is -0.555. The lowest BCUT2D eigenvalue weighted by molar-refractivity contribution is -0.137. The lowest BCUT2D eigenvalue weighted by Crippen LogP contribution is -2.12. The molecule has 0 spiro atoms. The first-order valence-electron chi connectivity index (χ1n) is 3.41. The number of aliphatic hydroxyl groups excluding tert-OH is 2. The summed E-state index contributed by atoms with van der Waals surface area (Å²) in [6.45, 7) is 0. The third-order valence-electron chi connectivity index (χ3n) is 1.81. The lowest BCUT2D eigenvalue weighted by Gasteiger charge is -2.09. The van der Waals surface area contributed by atoms with Gasteiger partial charge in [0.15, 0.2) is 11.5 Å². The molecule has 0 aromatic carbocycles. The zero-order valence-corrected chi connectivity index (χ0v) is 6.02. The molecule has 0 saturated carbocycles. The Balaban J connectivity index is 2.43. The van der Waals surface area contributed by atoms with Crippen LogP contribution in [0.2, 0.25) is 0 Å². The number of cyclic esters (lactones) is 1. The van der Waals surface area contributed by atoms with E-state index in [1.54, 1.807) is 0 Å². The highest BCUT2D eigenvalue weighted by Crippen LogP contribution is 2.29. The molecule has 12 heavy (non-hydrogen) atoms. The molecule has 2 rings (SSSR count). The fourth-order valence-corrected chi connectivity index (χ4v) is 1.17. The molecule has 1 heterocycles. The first-order valence-corrected chi connectivity index (χ1v) is 3.41. The Kier molecular flexibility index (Phi) is 1.24. The summed E-state index contributed by atoms with van der Waals surface area (Å²) in [5.74, 6) is -1.51. The maximum Gasteiger partial charge on any atom is 0.322 e. The number of rotatable bonds is 0. The van der Waals surface area contributed by atoms with Gasteiger partial charge in [-0.3, -0.25) is 4.79 Å². The van der Waals surface area contributed by atoms with Crippen molar-refractivity contribution in [3.63, 3.8) is 0 Å². The molecule has 1 aliphatic carbocycles. The Morgan fingerprint density at radius 2 is 2.08 bits per heavy atom. The van der Waals surface area contributed by atoms with Crippen LogP contribution in [-0.2, 0) is 9.53 Å². The van der Waals surface area contributed by atoms with Gasteiger partial charge in [0.1, 0.15) is 5.92 Å². The average Bonchev–Trinajstić information content (AvgIpc) is 2.35. The van der Waals surface area contributed by atoms with Gasteiger partial charge in [0.2, 0.25) is 0 Å². The van der Waals surface area contributed by atoms with Crippen LogP contribution < -0.4 is 0 Å². The summed E-state index contributed by atoms with van der Waals surface area (Å²) in [6.07, 6.45) is 3.84. The standard InChI is InChI=1S/C8H6O4/c9-6-1-4-3-12-8(11)5(4)2-7(6)10/h1-3,5,9-10H. The zero-order valence-electron chi connectivity index (χ0n) is 6.02. The van der Waals surface area contributed by atoms with E-state index in [1.165, 1.54) is 18.4 Å². The van der Waals surface area contributed by atoms with E-state index < -0.39 is 11.9 Å². The molecule has 0 aromatic rings. The van der Waals surface area contributed by atoms with Gasteiger partial charge in [-0.2, -0.15) is 0 Å². The largest absolute Gasteiger partial charge is 0.504 e. The summed E-state index contributed by atoms with van der Waals surface area (Å²) in [5, 5.41) is 18.1. The Bertz CT molecular complexity index is 335. The van der Waals surface area contributed by atoms with Crippen LogP contribution in [0.4, 0.5) is 0 Å². The maximum atomic E-state index is 10.9. The lowest BCUT2D eigenvalue weighted by atomic mass is 9.96. The van der Waals surface area contributed by atoms with Gasteiger partial charge in [-0.05, 0) is 12.2 Å². The van der Waals surface area contributed by atoms with E-state index in [9.17, 15) is 4.79 Å². The molecule has 4 heteroatoms. The van der Waals surface area contributed by atoms with Gasteiger partial charge in [0.05, 0.1) is 6.26 Å². The summed E-state index contributed by atoms with van der Waals surface area (Å²) in [6, 6.07) is 0. The second-order valence-electron chi connectivity index (χ2n) is 2.61. The van der Waals surface area contributed by atoms with Gasteiger partial charge < -0.3 is 14.9 Å². The predicted molar refractivity (Wildman–Crippen MR) is 39.1 cm³/mol. The molecule has 0 saturated heterocycles. The van der Waals surface area contributed by atoms with Crippen LogP contribution in [0.15, 0.2) is 35.5 Å². The quantitative estimate of drug-likeness (QED) is 0.525. The van der Waals surface area contributed by atoms with Crippen LogP contribution in [0.25, 0.3) is 0 Å². The molecular weight excluding hydrogens is 160 g/mol. The van der Waals surface area contributed by atoms with Crippen LogP contribution in [-0.4, -0.2) is 16.2 Å². The fraction of sp³-hybridized carbons (Fsp3) is 0.125. The van der Waals surface area contributed by atoms with Gasteiger partial charge >= 0.3 is 5.97 Å². The first-order chi connectivity index (χ1) is 5.68. The summed E-state index contributed by atoms with van der Waals surface area (Å²) < 4.78 is 4.58. The van der Waals surface area contributed by atoms with Gasteiger partial charge in [0, 0.05) is 5.57 Å². The molecule has 62 valence electrons. The molecule has 0 amide bonds. The summed E-state index contributed by atoms with van der Waals surface area (Å²) in [7, 11) is 0. The molecule has 2 aliphatic rings. The van der Waals surface area contributed by atoms with Crippen molar-refractivity contribution in [2.24, 2.45) is 5.92 Å². The number of esters is 1. The third kappa shape index (κ3) is 0.812. The van der Waals surface area contributed by atoms with Crippen molar-refractivity contribution in [1.29, 1.82) is 0 Å². The molecule has 2 N–H and O–H groups in total. The highest BCUT2D eigenvalue weighted by molar-refractivity contribution is 5.83. The average molecular weight is 166 g/mol. The number of ether oxygens (including phenoxy) is 1. The molecule has 0 bridgehead atoms. The van der Waals surface area contributed by atoms with Gasteiger partial charge in [-0.25, -0.2) is 0 Å². The van der Waals surface area contributed by atoms with E-state index in [-0.39, 0.29) is 11.5 Å².